The smallest absolute Gasteiger partial charge is 0.124 e. The number of halogens is 1. The third-order valence-electron chi connectivity index (χ3n) is 3.77. The van der Waals surface area contributed by atoms with Gasteiger partial charge in [-0.05, 0) is 59.3 Å². The van der Waals surface area contributed by atoms with Gasteiger partial charge in [-0.3, -0.25) is 0 Å². The van der Waals surface area contributed by atoms with Crippen molar-refractivity contribution in [1.29, 1.82) is 0 Å². The summed E-state index contributed by atoms with van der Waals surface area (Å²) in [6, 6.07) is 3.82. The lowest BCUT2D eigenvalue weighted by Crippen LogP contribution is -2.02. The fraction of sp³-hybridized carbons (Fsp3) is 0.150. The number of benzene rings is 1. The number of hydrogen-bond acceptors (Lipinski definition) is 1. The van der Waals surface area contributed by atoms with Crippen molar-refractivity contribution in [2.75, 3.05) is 0 Å². The lowest BCUT2D eigenvalue weighted by molar-refractivity contribution is 0.474. The maximum atomic E-state index is 10.3. The lowest BCUT2D eigenvalue weighted by Gasteiger charge is -2.16. The van der Waals surface area contributed by atoms with E-state index >= 15 is 0 Å². The van der Waals surface area contributed by atoms with Gasteiger partial charge in [0.25, 0.3) is 0 Å². The number of allylic oxidation sites excluding steroid dienone is 8. The van der Waals surface area contributed by atoms with Crippen LogP contribution in [0, 0.1) is 6.92 Å². The van der Waals surface area contributed by atoms with Gasteiger partial charge in [0.2, 0.25) is 0 Å². The number of rotatable bonds is 4. The second kappa shape index (κ2) is 7.54. The fourth-order valence-electron chi connectivity index (χ4n) is 2.42. The zero-order chi connectivity index (χ0) is 16.1. The van der Waals surface area contributed by atoms with E-state index in [1.54, 1.807) is 6.08 Å². The van der Waals surface area contributed by atoms with Gasteiger partial charge in [-0.15, -0.1) is 0 Å². The zero-order valence-electron chi connectivity index (χ0n) is 13.2. The Morgan fingerprint density at radius 1 is 1.23 bits per heavy atom. The number of hydrogen-bond donors (Lipinski definition) is 1. The van der Waals surface area contributed by atoms with Crippen LogP contribution in [-0.2, 0) is 0 Å². The van der Waals surface area contributed by atoms with E-state index in [0.29, 0.717) is 5.75 Å². The molecule has 0 aromatic heterocycles. The molecule has 1 N–H and O–H groups in total. The minimum atomic E-state index is -0.176. The number of phenols is 1. The maximum Gasteiger partial charge on any atom is 0.124 e. The highest BCUT2D eigenvalue weighted by Gasteiger charge is 2.14. The van der Waals surface area contributed by atoms with Crippen molar-refractivity contribution in [3.05, 3.63) is 81.5 Å². The lowest BCUT2D eigenvalue weighted by atomic mass is 9.92. The van der Waals surface area contributed by atoms with E-state index in [-0.39, 0.29) is 20.7 Å². The van der Waals surface area contributed by atoms with Crippen LogP contribution in [-0.4, -0.2) is 8.62 Å². The molecule has 1 aliphatic rings. The van der Waals surface area contributed by atoms with E-state index in [4.69, 9.17) is 0 Å². The molecule has 2 heteroatoms. The maximum absolute atomic E-state index is 10.3. The molecule has 1 aliphatic heterocycles. The van der Waals surface area contributed by atoms with E-state index in [9.17, 15) is 5.11 Å². The van der Waals surface area contributed by atoms with Gasteiger partial charge in [0, 0.05) is 9.07 Å². The molecule has 0 aliphatic carbocycles. The first-order chi connectivity index (χ1) is 10.6. The third kappa shape index (κ3) is 3.55. The van der Waals surface area contributed by atoms with E-state index in [1.165, 1.54) is 20.2 Å². The quantitative estimate of drug-likeness (QED) is 0.496. The molecule has 0 unspecified atom stereocenters. The van der Waals surface area contributed by atoms with E-state index < -0.39 is 0 Å². The molecular formula is C20H21IO. The van der Waals surface area contributed by atoms with E-state index in [0.717, 1.165) is 11.1 Å². The molecule has 2 rings (SSSR count). The average Bonchev–Trinajstić information content (AvgIpc) is 2.53. The molecule has 22 heavy (non-hydrogen) atoms. The van der Waals surface area contributed by atoms with Gasteiger partial charge in [0.1, 0.15) is 5.75 Å². The Morgan fingerprint density at radius 3 is 2.64 bits per heavy atom. The zero-order valence-corrected chi connectivity index (χ0v) is 15.4. The number of aromatic hydroxyl groups is 1. The first-order valence-electron chi connectivity index (χ1n) is 7.19. The van der Waals surface area contributed by atoms with Gasteiger partial charge in [0.15, 0.2) is 0 Å². The molecule has 0 saturated carbocycles. The molecule has 0 fully saturated rings. The van der Waals surface area contributed by atoms with Gasteiger partial charge in [-0.2, -0.15) is 0 Å². The molecule has 0 atom stereocenters. The van der Waals surface area contributed by atoms with Crippen LogP contribution >= 0.6 is 20.7 Å². The predicted molar refractivity (Wildman–Crippen MR) is 107 cm³/mol. The fourth-order valence-corrected chi connectivity index (χ4v) is 4.66. The first-order valence-corrected chi connectivity index (χ1v) is 9.52. The molecular weight excluding hydrogens is 383 g/mol. The summed E-state index contributed by atoms with van der Waals surface area (Å²) in [6.45, 7) is 10.0. The van der Waals surface area contributed by atoms with Gasteiger partial charge >= 0.3 is 0 Å². The van der Waals surface area contributed by atoms with Gasteiger partial charge in [0.05, 0.1) is 0 Å². The van der Waals surface area contributed by atoms with Crippen molar-refractivity contribution < 1.29 is 5.11 Å². The Balaban J connectivity index is 2.59. The van der Waals surface area contributed by atoms with Crippen molar-refractivity contribution in [2.24, 2.45) is 0 Å². The minimum Gasteiger partial charge on any atom is -0.507 e. The monoisotopic (exact) mass is 404 g/mol. The summed E-state index contributed by atoms with van der Waals surface area (Å²) in [4.78, 5) is 0. The van der Waals surface area contributed by atoms with Crippen molar-refractivity contribution in [2.45, 2.75) is 20.8 Å². The van der Waals surface area contributed by atoms with Crippen LogP contribution in [0.15, 0.2) is 64.8 Å². The highest BCUT2D eigenvalue weighted by molar-refractivity contribution is 14.2. The van der Waals surface area contributed by atoms with Crippen molar-refractivity contribution in [3.63, 3.8) is 0 Å². The van der Waals surface area contributed by atoms with E-state index in [1.807, 2.05) is 24.3 Å². The van der Waals surface area contributed by atoms with Crippen molar-refractivity contribution >= 4 is 29.8 Å². The van der Waals surface area contributed by atoms with E-state index in [2.05, 4.69) is 49.7 Å². The van der Waals surface area contributed by atoms with Crippen LogP contribution in [0.1, 0.15) is 30.5 Å². The molecule has 0 bridgehead atoms. The highest BCUT2D eigenvalue weighted by atomic mass is 127. The van der Waals surface area contributed by atoms with Crippen LogP contribution in [0.4, 0.5) is 0 Å². The normalized spacial score (nSPS) is 15.3. The predicted octanol–water partition coefficient (Wildman–Crippen LogP) is 5.81. The average molecular weight is 404 g/mol. The van der Waals surface area contributed by atoms with Gasteiger partial charge < -0.3 is 5.11 Å². The van der Waals surface area contributed by atoms with Crippen LogP contribution in [0.25, 0.3) is 5.57 Å². The molecule has 0 saturated heterocycles. The Morgan fingerprint density at radius 2 is 2.00 bits per heavy atom. The van der Waals surface area contributed by atoms with Crippen LogP contribution in [0.5, 0.6) is 5.75 Å². The molecule has 1 heterocycles. The summed E-state index contributed by atoms with van der Waals surface area (Å²) in [7, 11) is 0. The molecule has 0 radical (unpaired) electrons. The second-order valence-electron chi connectivity index (χ2n) is 5.17. The van der Waals surface area contributed by atoms with Crippen LogP contribution < -0.4 is 0 Å². The standard InChI is InChI=1S/C20H21IO/c1-5-6-9-14(2)15(3)17-11-12-19(22)20(16(17)4)18-10-7-8-13-21-18/h5-13,22H,1H2,2-4H3/b9-6-,15-14+. The highest BCUT2D eigenvalue weighted by Crippen LogP contribution is 2.33. The molecule has 1 nitrogen and oxygen atoms in total. The van der Waals surface area contributed by atoms with Crippen LogP contribution in [0.2, 0.25) is 0 Å². The third-order valence-corrected chi connectivity index (χ3v) is 6.11. The van der Waals surface area contributed by atoms with Gasteiger partial charge in [-0.25, -0.2) is 0 Å². The summed E-state index contributed by atoms with van der Waals surface area (Å²) in [5, 5.41) is 10.3. The summed E-state index contributed by atoms with van der Waals surface area (Å²) in [5.74, 6) is 0.378. The van der Waals surface area contributed by atoms with Crippen molar-refractivity contribution in [1.82, 2.24) is 0 Å². The molecule has 1 aromatic rings. The molecule has 1 aromatic carbocycles. The summed E-state index contributed by atoms with van der Waals surface area (Å²) < 4.78 is 3.49. The summed E-state index contributed by atoms with van der Waals surface area (Å²) >= 11 is -0.176. The van der Waals surface area contributed by atoms with Crippen molar-refractivity contribution in [3.8, 4) is 5.75 Å². The molecule has 114 valence electrons. The minimum absolute atomic E-state index is 0.176. The topological polar surface area (TPSA) is 20.2 Å². The van der Waals surface area contributed by atoms with Crippen LogP contribution in [0.3, 0.4) is 0 Å². The molecule has 0 spiro atoms. The second-order valence-corrected chi connectivity index (χ2v) is 7.67. The molecule has 0 amide bonds. The summed E-state index contributed by atoms with van der Waals surface area (Å²) in [6.07, 6.45) is 12.1. The Labute approximate surface area is 142 Å². The Hall–Kier alpha value is -1.68. The Bertz CT molecular complexity index is 743. The largest absolute Gasteiger partial charge is 0.507 e. The summed E-state index contributed by atoms with van der Waals surface area (Å²) in [5.41, 5.74) is 5.78. The van der Waals surface area contributed by atoms with Gasteiger partial charge in [-0.1, -0.05) is 63.8 Å². The first kappa shape index (κ1) is 16.7. The number of phenolic OH excluding ortho intramolecular Hbond substituents is 1. The SMILES string of the molecule is C=C/C=C\C(C)=C(/C)c1ccc(O)c(C2=IC=CC=C2)c1C. The Kier molecular flexibility index (Phi) is 5.72.